The van der Waals surface area contributed by atoms with Gasteiger partial charge < -0.3 is 15.4 Å². The van der Waals surface area contributed by atoms with Gasteiger partial charge in [0.1, 0.15) is 4.99 Å². The number of anilines is 1. The fraction of sp³-hybridized carbons (Fsp3) is 0.667. The van der Waals surface area contributed by atoms with Crippen molar-refractivity contribution in [2.75, 3.05) is 25.2 Å². The van der Waals surface area contributed by atoms with Gasteiger partial charge in [0.25, 0.3) is 0 Å². The average Bonchev–Trinajstić information content (AvgIpc) is 3.31. The summed E-state index contributed by atoms with van der Waals surface area (Å²) in [5.41, 5.74) is 9.04. The van der Waals surface area contributed by atoms with Crippen LogP contribution in [0.5, 0.6) is 0 Å². The Labute approximate surface area is 131 Å². The van der Waals surface area contributed by atoms with Crippen molar-refractivity contribution in [2.45, 2.75) is 45.6 Å². The van der Waals surface area contributed by atoms with Crippen LogP contribution >= 0.6 is 12.2 Å². The maximum absolute atomic E-state index is 6.01. The van der Waals surface area contributed by atoms with Crippen molar-refractivity contribution in [2.24, 2.45) is 5.73 Å². The zero-order valence-corrected chi connectivity index (χ0v) is 13.9. The molecule has 2 N–H and O–H groups in total. The molecule has 0 aliphatic heterocycles. The van der Waals surface area contributed by atoms with Gasteiger partial charge in [-0.15, -0.1) is 5.10 Å². The summed E-state index contributed by atoms with van der Waals surface area (Å²) in [7, 11) is 1.71. The van der Waals surface area contributed by atoms with Crippen molar-refractivity contribution in [1.82, 2.24) is 10.2 Å². The summed E-state index contributed by atoms with van der Waals surface area (Å²) in [6.07, 6.45) is 4.06. The number of nitrogens with zero attached hydrogens (tertiary/aromatic N) is 3. The molecule has 116 valence electrons. The molecule has 0 unspecified atom stereocenters. The van der Waals surface area contributed by atoms with Gasteiger partial charge in [0.15, 0.2) is 5.82 Å². The standard InChI is InChI=1S/C15H24N4OS/c1-4-11-12(5-2)17-18-15(13(11)14(16)21)19(8-9-20-3)10-6-7-10/h10H,4-9H2,1-3H3,(H2,16,21). The van der Waals surface area contributed by atoms with Crippen LogP contribution in [0.4, 0.5) is 5.82 Å². The molecule has 21 heavy (non-hydrogen) atoms. The number of nitrogens with two attached hydrogens (primary N) is 1. The minimum atomic E-state index is 0.412. The third-order valence-corrected chi connectivity index (χ3v) is 4.07. The van der Waals surface area contributed by atoms with E-state index in [2.05, 4.69) is 28.9 Å². The Bertz CT molecular complexity index is 517. The minimum Gasteiger partial charge on any atom is -0.389 e. The molecule has 1 aliphatic carbocycles. The first-order valence-electron chi connectivity index (χ1n) is 7.57. The van der Waals surface area contributed by atoms with E-state index in [9.17, 15) is 0 Å². The van der Waals surface area contributed by atoms with Crippen molar-refractivity contribution in [1.29, 1.82) is 0 Å². The van der Waals surface area contributed by atoms with Crippen molar-refractivity contribution in [3.05, 3.63) is 16.8 Å². The van der Waals surface area contributed by atoms with Gasteiger partial charge in [-0.25, -0.2) is 0 Å². The molecule has 0 spiro atoms. The lowest BCUT2D eigenvalue weighted by atomic mass is 10.0. The van der Waals surface area contributed by atoms with E-state index in [1.54, 1.807) is 7.11 Å². The third kappa shape index (κ3) is 3.49. The lowest BCUT2D eigenvalue weighted by molar-refractivity contribution is 0.204. The minimum absolute atomic E-state index is 0.412. The number of methoxy groups -OCH3 is 1. The van der Waals surface area contributed by atoms with E-state index in [0.717, 1.165) is 42.0 Å². The van der Waals surface area contributed by atoms with Crippen LogP contribution in [0.3, 0.4) is 0 Å². The predicted molar refractivity (Wildman–Crippen MR) is 88.9 cm³/mol. The van der Waals surface area contributed by atoms with E-state index < -0.39 is 0 Å². The summed E-state index contributed by atoms with van der Waals surface area (Å²) in [5.74, 6) is 0.830. The van der Waals surface area contributed by atoms with E-state index in [0.29, 0.717) is 17.6 Å². The maximum Gasteiger partial charge on any atom is 0.162 e. The predicted octanol–water partition coefficient (Wildman–Crippen LogP) is 1.85. The molecule has 0 atom stereocenters. The second kappa shape index (κ2) is 7.13. The molecule has 1 aromatic heterocycles. The van der Waals surface area contributed by atoms with Gasteiger partial charge in [-0.3, -0.25) is 0 Å². The number of hydrogen-bond donors (Lipinski definition) is 1. The number of aryl methyl sites for hydroxylation is 1. The lowest BCUT2D eigenvalue weighted by Gasteiger charge is -2.26. The van der Waals surface area contributed by atoms with Crippen molar-refractivity contribution in [3.8, 4) is 0 Å². The molecular formula is C15H24N4OS. The van der Waals surface area contributed by atoms with Gasteiger partial charge in [0.05, 0.1) is 17.9 Å². The molecule has 1 fully saturated rings. The molecule has 5 nitrogen and oxygen atoms in total. The van der Waals surface area contributed by atoms with Gasteiger partial charge in [-0.1, -0.05) is 26.1 Å². The Morgan fingerprint density at radius 3 is 2.52 bits per heavy atom. The molecule has 1 heterocycles. The summed E-state index contributed by atoms with van der Waals surface area (Å²) in [6.45, 7) is 5.64. The normalized spacial score (nSPS) is 14.2. The molecule has 0 aromatic carbocycles. The Balaban J connectivity index is 2.47. The molecule has 2 rings (SSSR count). The molecular weight excluding hydrogens is 284 g/mol. The Morgan fingerprint density at radius 2 is 2.05 bits per heavy atom. The zero-order chi connectivity index (χ0) is 15.4. The van der Waals surface area contributed by atoms with Crippen LogP contribution in [0.1, 0.15) is 43.5 Å². The number of thiocarbonyl (C=S) groups is 1. The summed E-state index contributed by atoms with van der Waals surface area (Å²) < 4.78 is 5.22. The Kier molecular flexibility index (Phi) is 5.47. The molecule has 0 saturated heterocycles. The van der Waals surface area contributed by atoms with Crippen molar-refractivity contribution >= 4 is 23.0 Å². The van der Waals surface area contributed by atoms with Crippen LogP contribution in [0.15, 0.2) is 0 Å². The van der Waals surface area contributed by atoms with Crippen LogP contribution in [0.25, 0.3) is 0 Å². The maximum atomic E-state index is 6.01. The zero-order valence-electron chi connectivity index (χ0n) is 13.1. The number of aromatic nitrogens is 2. The van der Waals surface area contributed by atoms with Gasteiger partial charge in [-0.05, 0) is 31.2 Å². The largest absolute Gasteiger partial charge is 0.389 e. The Hall–Kier alpha value is -1.27. The highest BCUT2D eigenvalue weighted by atomic mass is 32.1. The van der Waals surface area contributed by atoms with Crippen molar-refractivity contribution in [3.63, 3.8) is 0 Å². The highest BCUT2D eigenvalue weighted by Gasteiger charge is 2.32. The average molecular weight is 308 g/mol. The molecule has 6 heteroatoms. The summed E-state index contributed by atoms with van der Waals surface area (Å²) in [4.78, 5) is 2.67. The molecule has 1 aromatic rings. The van der Waals surface area contributed by atoms with Crippen LogP contribution in [-0.4, -0.2) is 41.5 Å². The highest BCUT2D eigenvalue weighted by molar-refractivity contribution is 7.80. The first-order valence-corrected chi connectivity index (χ1v) is 7.98. The lowest BCUT2D eigenvalue weighted by Crippen LogP contribution is -2.33. The van der Waals surface area contributed by atoms with E-state index in [-0.39, 0.29) is 0 Å². The fourth-order valence-corrected chi connectivity index (χ4v) is 2.87. The molecule has 0 bridgehead atoms. The Morgan fingerprint density at radius 1 is 1.33 bits per heavy atom. The van der Waals surface area contributed by atoms with Gasteiger partial charge in [0.2, 0.25) is 0 Å². The van der Waals surface area contributed by atoms with Crippen molar-refractivity contribution < 1.29 is 4.74 Å². The van der Waals surface area contributed by atoms with Crippen LogP contribution < -0.4 is 10.6 Å². The first-order chi connectivity index (χ1) is 10.1. The number of hydrogen-bond acceptors (Lipinski definition) is 5. The van der Waals surface area contributed by atoms with Gasteiger partial charge in [-0.2, -0.15) is 5.10 Å². The van der Waals surface area contributed by atoms with Crippen LogP contribution in [0, 0.1) is 0 Å². The molecule has 0 radical (unpaired) electrons. The quantitative estimate of drug-likeness (QED) is 0.740. The van der Waals surface area contributed by atoms with Gasteiger partial charge >= 0.3 is 0 Å². The highest BCUT2D eigenvalue weighted by Crippen LogP contribution is 2.33. The van der Waals surface area contributed by atoms with E-state index in [1.165, 1.54) is 12.8 Å². The first kappa shape index (κ1) is 16.1. The summed E-state index contributed by atoms with van der Waals surface area (Å²) in [5, 5.41) is 8.85. The number of rotatable bonds is 8. The molecule has 0 amide bonds. The van der Waals surface area contributed by atoms with Crippen LogP contribution in [-0.2, 0) is 17.6 Å². The van der Waals surface area contributed by atoms with E-state index >= 15 is 0 Å². The smallest absolute Gasteiger partial charge is 0.162 e. The second-order valence-corrected chi connectivity index (χ2v) is 5.75. The van der Waals surface area contributed by atoms with Crippen LogP contribution in [0.2, 0.25) is 0 Å². The SMILES string of the molecule is CCc1nnc(N(CCOC)C2CC2)c(C(N)=S)c1CC. The summed E-state index contributed by atoms with van der Waals surface area (Å²) >= 11 is 5.30. The monoisotopic (exact) mass is 308 g/mol. The molecule has 1 aliphatic rings. The summed E-state index contributed by atoms with van der Waals surface area (Å²) in [6, 6.07) is 0.514. The van der Waals surface area contributed by atoms with E-state index in [4.69, 9.17) is 22.7 Å². The fourth-order valence-electron chi connectivity index (χ4n) is 2.66. The third-order valence-electron chi connectivity index (χ3n) is 3.87. The number of ether oxygens (including phenoxy) is 1. The van der Waals surface area contributed by atoms with E-state index in [1.807, 2.05) is 0 Å². The molecule has 1 saturated carbocycles. The topological polar surface area (TPSA) is 64.3 Å². The van der Waals surface area contributed by atoms with Gasteiger partial charge in [0, 0.05) is 19.7 Å². The second-order valence-electron chi connectivity index (χ2n) is 5.31.